The lowest BCUT2D eigenvalue weighted by atomic mass is 9.99. The van der Waals surface area contributed by atoms with Gasteiger partial charge in [0.15, 0.2) is 0 Å². The zero-order valence-electron chi connectivity index (χ0n) is 10.6. The number of hydrogen-bond donors (Lipinski definition) is 1. The van der Waals surface area contributed by atoms with E-state index in [9.17, 15) is 8.78 Å². The molecule has 2 heterocycles. The van der Waals surface area contributed by atoms with Gasteiger partial charge in [0.1, 0.15) is 11.6 Å². The summed E-state index contributed by atoms with van der Waals surface area (Å²) in [5.41, 5.74) is 0.766. The number of nitrogens with one attached hydrogen (secondary N) is 1. The van der Waals surface area contributed by atoms with Crippen molar-refractivity contribution >= 4 is 0 Å². The minimum atomic E-state index is -0.536. The van der Waals surface area contributed by atoms with Crippen LogP contribution in [-0.4, -0.2) is 16.5 Å². The molecule has 100 valence electrons. The van der Waals surface area contributed by atoms with Gasteiger partial charge < -0.3 is 5.32 Å². The van der Waals surface area contributed by atoms with Crippen LogP contribution in [0.4, 0.5) is 8.78 Å². The van der Waals surface area contributed by atoms with E-state index >= 15 is 0 Å². The fourth-order valence-electron chi connectivity index (χ4n) is 1.92. The molecular formula is C14H15F2N3. The van der Waals surface area contributed by atoms with E-state index in [1.807, 2.05) is 6.92 Å². The fourth-order valence-corrected chi connectivity index (χ4v) is 1.92. The number of hydrogen-bond acceptors (Lipinski definition) is 3. The first-order chi connectivity index (χ1) is 9.24. The van der Waals surface area contributed by atoms with Crippen LogP contribution in [0.25, 0.3) is 0 Å². The number of halogens is 2. The Balaban J connectivity index is 2.42. The van der Waals surface area contributed by atoms with Crippen molar-refractivity contribution in [3.05, 3.63) is 59.7 Å². The standard InChI is InChI=1S/C14H15F2N3/c1-2-5-19-14(10-3-6-17-8-12(10)15)11-4-7-18-9-13(11)16/h3-4,6-9,14,19H,2,5H2,1H3. The van der Waals surface area contributed by atoms with Crippen LogP contribution in [0, 0.1) is 11.6 Å². The zero-order valence-corrected chi connectivity index (χ0v) is 10.6. The molecular weight excluding hydrogens is 248 g/mol. The van der Waals surface area contributed by atoms with Crippen molar-refractivity contribution in [1.29, 1.82) is 0 Å². The maximum Gasteiger partial charge on any atom is 0.146 e. The number of aromatic nitrogens is 2. The third kappa shape index (κ3) is 3.12. The van der Waals surface area contributed by atoms with Gasteiger partial charge in [-0.15, -0.1) is 0 Å². The molecule has 0 fully saturated rings. The van der Waals surface area contributed by atoms with E-state index in [1.165, 1.54) is 12.4 Å². The second kappa shape index (κ2) is 6.33. The van der Waals surface area contributed by atoms with Crippen molar-refractivity contribution in [2.45, 2.75) is 19.4 Å². The summed E-state index contributed by atoms with van der Waals surface area (Å²) in [6.45, 7) is 2.66. The van der Waals surface area contributed by atoms with E-state index in [1.54, 1.807) is 12.1 Å². The van der Waals surface area contributed by atoms with Gasteiger partial charge in [-0.1, -0.05) is 6.92 Å². The molecule has 0 spiro atoms. The predicted molar refractivity (Wildman–Crippen MR) is 68.5 cm³/mol. The Morgan fingerprint density at radius 2 is 1.58 bits per heavy atom. The van der Waals surface area contributed by atoms with Crippen LogP contribution in [0.5, 0.6) is 0 Å². The number of rotatable bonds is 5. The molecule has 0 amide bonds. The summed E-state index contributed by atoms with van der Waals surface area (Å²) >= 11 is 0. The van der Waals surface area contributed by atoms with E-state index in [0.717, 1.165) is 18.8 Å². The summed E-state index contributed by atoms with van der Waals surface area (Å²) in [7, 11) is 0. The van der Waals surface area contributed by atoms with Crippen LogP contribution >= 0.6 is 0 Å². The molecule has 5 heteroatoms. The van der Waals surface area contributed by atoms with Gasteiger partial charge in [-0.25, -0.2) is 8.78 Å². The molecule has 0 radical (unpaired) electrons. The molecule has 2 rings (SSSR count). The molecule has 0 saturated heterocycles. The van der Waals surface area contributed by atoms with Gasteiger partial charge in [-0.05, 0) is 25.1 Å². The molecule has 0 unspecified atom stereocenters. The first-order valence-corrected chi connectivity index (χ1v) is 6.16. The van der Waals surface area contributed by atoms with Crippen molar-refractivity contribution in [2.75, 3.05) is 6.54 Å². The minimum Gasteiger partial charge on any atom is -0.306 e. The highest BCUT2D eigenvalue weighted by Gasteiger charge is 2.20. The average molecular weight is 263 g/mol. The maximum atomic E-state index is 13.8. The van der Waals surface area contributed by atoms with Crippen molar-refractivity contribution in [2.24, 2.45) is 0 Å². The smallest absolute Gasteiger partial charge is 0.146 e. The fraction of sp³-hybridized carbons (Fsp3) is 0.286. The van der Waals surface area contributed by atoms with Crippen molar-refractivity contribution in [3.63, 3.8) is 0 Å². The number of nitrogens with zero attached hydrogens (tertiary/aromatic N) is 2. The zero-order chi connectivity index (χ0) is 13.7. The highest BCUT2D eigenvalue weighted by atomic mass is 19.1. The summed E-state index contributed by atoms with van der Waals surface area (Å²) in [5.74, 6) is -0.903. The Morgan fingerprint density at radius 3 is 2.00 bits per heavy atom. The molecule has 0 aliphatic carbocycles. The first-order valence-electron chi connectivity index (χ1n) is 6.16. The Labute approximate surface area is 110 Å². The minimum absolute atomic E-state index is 0.383. The van der Waals surface area contributed by atoms with Crippen LogP contribution in [0.15, 0.2) is 36.9 Å². The van der Waals surface area contributed by atoms with Gasteiger partial charge in [-0.2, -0.15) is 0 Å². The van der Waals surface area contributed by atoms with Crippen molar-refractivity contribution < 1.29 is 8.78 Å². The summed E-state index contributed by atoms with van der Waals surface area (Å²) in [6.07, 6.45) is 6.14. The maximum absolute atomic E-state index is 13.8. The van der Waals surface area contributed by atoms with E-state index in [2.05, 4.69) is 15.3 Å². The Bertz CT molecular complexity index is 500. The number of pyridine rings is 2. The molecule has 1 N–H and O–H groups in total. The van der Waals surface area contributed by atoms with Crippen molar-refractivity contribution in [1.82, 2.24) is 15.3 Å². The highest BCUT2D eigenvalue weighted by molar-refractivity contribution is 5.31. The van der Waals surface area contributed by atoms with E-state index in [4.69, 9.17) is 0 Å². The Morgan fingerprint density at radius 1 is 1.05 bits per heavy atom. The summed E-state index contributed by atoms with van der Waals surface area (Å²) in [6, 6.07) is 2.58. The van der Waals surface area contributed by atoms with Gasteiger partial charge in [0, 0.05) is 23.5 Å². The Hall–Kier alpha value is -1.88. The van der Waals surface area contributed by atoms with Crippen LogP contribution in [0.1, 0.15) is 30.5 Å². The largest absolute Gasteiger partial charge is 0.306 e. The third-order valence-electron chi connectivity index (χ3n) is 2.83. The molecule has 2 aromatic heterocycles. The molecule has 2 aromatic rings. The summed E-state index contributed by atoms with van der Waals surface area (Å²) in [4.78, 5) is 7.43. The Kier molecular flexibility index (Phi) is 4.52. The average Bonchev–Trinajstić information content (AvgIpc) is 2.42. The molecule has 19 heavy (non-hydrogen) atoms. The van der Waals surface area contributed by atoms with Crippen LogP contribution in [0.2, 0.25) is 0 Å². The quantitative estimate of drug-likeness (QED) is 0.901. The SMILES string of the molecule is CCCNC(c1ccncc1F)c1ccncc1F. The van der Waals surface area contributed by atoms with E-state index in [0.29, 0.717) is 17.7 Å². The summed E-state index contributed by atoms with van der Waals surface area (Å²) in [5, 5.41) is 3.15. The van der Waals surface area contributed by atoms with E-state index < -0.39 is 17.7 Å². The molecule has 0 atom stereocenters. The van der Waals surface area contributed by atoms with Gasteiger partial charge in [-0.3, -0.25) is 9.97 Å². The van der Waals surface area contributed by atoms with Gasteiger partial charge in [0.25, 0.3) is 0 Å². The van der Waals surface area contributed by atoms with Crippen LogP contribution < -0.4 is 5.32 Å². The molecule has 0 aliphatic heterocycles. The van der Waals surface area contributed by atoms with E-state index in [-0.39, 0.29) is 0 Å². The topological polar surface area (TPSA) is 37.8 Å². The normalized spacial score (nSPS) is 10.9. The van der Waals surface area contributed by atoms with Crippen LogP contribution in [0.3, 0.4) is 0 Å². The molecule has 0 aromatic carbocycles. The van der Waals surface area contributed by atoms with Gasteiger partial charge in [0.05, 0.1) is 18.4 Å². The lowest BCUT2D eigenvalue weighted by Gasteiger charge is -2.20. The highest BCUT2D eigenvalue weighted by Crippen LogP contribution is 2.25. The van der Waals surface area contributed by atoms with Gasteiger partial charge >= 0.3 is 0 Å². The predicted octanol–water partition coefficient (Wildman–Crippen LogP) is 2.84. The lowest BCUT2D eigenvalue weighted by molar-refractivity contribution is 0.516. The molecule has 0 aliphatic rings. The molecule has 0 bridgehead atoms. The second-order valence-corrected chi connectivity index (χ2v) is 4.18. The third-order valence-corrected chi connectivity index (χ3v) is 2.83. The van der Waals surface area contributed by atoms with Crippen molar-refractivity contribution in [3.8, 4) is 0 Å². The lowest BCUT2D eigenvalue weighted by Crippen LogP contribution is -2.25. The summed E-state index contributed by atoms with van der Waals surface area (Å²) < 4.78 is 27.7. The first kappa shape index (κ1) is 13.5. The molecule has 3 nitrogen and oxygen atoms in total. The monoisotopic (exact) mass is 263 g/mol. The molecule has 0 saturated carbocycles. The van der Waals surface area contributed by atoms with Gasteiger partial charge in [0.2, 0.25) is 0 Å². The second-order valence-electron chi connectivity index (χ2n) is 4.18. The van der Waals surface area contributed by atoms with Crippen LogP contribution in [-0.2, 0) is 0 Å².